The Kier molecular flexibility index (Phi) is 3.08. The van der Waals surface area contributed by atoms with E-state index in [2.05, 4.69) is 0 Å². The summed E-state index contributed by atoms with van der Waals surface area (Å²) in [6.07, 6.45) is -4.94. The van der Waals surface area contributed by atoms with E-state index in [9.17, 15) is 28.1 Å². The van der Waals surface area contributed by atoms with Gasteiger partial charge in [0.25, 0.3) is 0 Å². The molecule has 0 spiro atoms. The Morgan fingerprint density at radius 3 is 2.29 bits per heavy atom. The summed E-state index contributed by atoms with van der Waals surface area (Å²) in [6.45, 7) is 1.04. The van der Waals surface area contributed by atoms with Gasteiger partial charge in [0.05, 0.1) is 4.92 Å². The highest BCUT2D eigenvalue weighted by molar-refractivity contribution is 5.96. The van der Waals surface area contributed by atoms with Gasteiger partial charge in [-0.25, -0.2) is 0 Å². The van der Waals surface area contributed by atoms with Gasteiger partial charge in [-0.3, -0.25) is 14.9 Å². The molecule has 1 aromatic rings. The molecule has 0 unspecified atom stereocenters. The van der Waals surface area contributed by atoms with E-state index >= 15 is 0 Å². The molecular formula is C9H7F3N2O3. The first-order valence-corrected chi connectivity index (χ1v) is 4.30. The number of anilines is 1. The molecule has 2 N–H and O–H groups in total. The van der Waals surface area contributed by atoms with Gasteiger partial charge in [-0.1, -0.05) is 0 Å². The van der Waals surface area contributed by atoms with Crippen LogP contribution in [0.15, 0.2) is 12.1 Å². The number of hydrogen-bond donors (Lipinski definition) is 1. The normalized spacial score (nSPS) is 11.3. The molecule has 0 aliphatic carbocycles. The highest BCUT2D eigenvalue weighted by atomic mass is 19.4. The van der Waals surface area contributed by atoms with Crippen molar-refractivity contribution < 1.29 is 22.9 Å². The average molecular weight is 248 g/mol. The van der Waals surface area contributed by atoms with E-state index in [0.717, 1.165) is 13.0 Å². The Labute approximate surface area is 93.2 Å². The van der Waals surface area contributed by atoms with Gasteiger partial charge in [0.1, 0.15) is 11.3 Å². The standard InChI is InChI=1S/C9H7F3N2O3/c1-4(15)5-2-6(9(10,11)12)8(14(16)17)7(13)3-5/h2-3H,13H2,1H3. The summed E-state index contributed by atoms with van der Waals surface area (Å²) in [5, 5.41) is 10.5. The van der Waals surface area contributed by atoms with Crippen LogP contribution in [0.2, 0.25) is 0 Å². The molecule has 0 bridgehead atoms. The van der Waals surface area contributed by atoms with Crippen LogP contribution in [0.25, 0.3) is 0 Å². The number of Topliss-reactive ketones (excluding diaryl/α,β-unsaturated/α-hetero) is 1. The Bertz CT molecular complexity index is 497. The van der Waals surface area contributed by atoms with Gasteiger partial charge < -0.3 is 5.73 Å². The molecule has 0 heterocycles. The van der Waals surface area contributed by atoms with Gasteiger partial charge in [-0.05, 0) is 19.1 Å². The van der Waals surface area contributed by atoms with Crippen LogP contribution in [0.1, 0.15) is 22.8 Å². The minimum Gasteiger partial charge on any atom is -0.393 e. The minimum atomic E-state index is -4.94. The highest BCUT2D eigenvalue weighted by Crippen LogP contribution is 2.39. The second kappa shape index (κ2) is 4.04. The summed E-state index contributed by atoms with van der Waals surface area (Å²) in [5.41, 5.74) is 1.41. The molecular weight excluding hydrogens is 241 g/mol. The molecule has 0 atom stereocenters. The summed E-state index contributed by atoms with van der Waals surface area (Å²) in [7, 11) is 0. The SMILES string of the molecule is CC(=O)c1cc(N)c([N+](=O)[O-])c(C(F)(F)F)c1. The number of nitrogens with zero attached hydrogens (tertiary/aromatic N) is 1. The topological polar surface area (TPSA) is 86.2 Å². The van der Waals surface area contributed by atoms with Crippen LogP contribution in [0.3, 0.4) is 0 Å². The van der Waals surface area contributed by atoms with Crippen molar-refractivity contribution in [2.24, 2.45) is 0 Å². The molecule has 0 fully saturated rings. The number of benzene rings is 1. The second-order valence-electron chi connectivity index (χ2n) is 3.27. The van der Waals surface area contributed by atoms with Crippen LogP contribution in [0.4, 0.5) is 24.5 Å². The molecule has 17 heavy (non-hydrogen) atoms. The third kappa shape index (κ3) is 2.52. The maximum atomic E-state index is 12.6. The Hall–Kier alpha value is -2.12. The number of carbonyl (C=O) groups excluding carboxylic acids is 1. The largest absolute Gasteiger partial charge is 0.423 e. The number of alkyl halides is 3. The van der Waals surface area contributed by atoms with E-state index in [0.29, 0.717) is 6.07 Å². The lowest BCUT2D eigenvalue weighted by atomic mass is 10.0. The second-order valence-corrected chi connectivity index (χ2v) is 3.27. The van der Waals surface area contributed by atoms with Crippen molar-refractivity contribution in [2.75, 3.05) is 5.73 Å². The fraction of sp³-hybridized carbons (Fsp3) is 0.222. The van der Waals surface area contributed by atoms with Gasteiger partial charge in [0.15, 0.2) is 5.78 Å². The van der Waals surface area contributed by atoms with Crippen molar-refractivity contribution in [3.63, 3.8) is 0 Å². The predicted molar refractivity (Wildman–Crippen MR) is 52.5 cm³/mol. The van der Waals surface area contributed by atoms with Gasteiger partial charge in [0.2, 0.25) is 0 Å². The number of halogens is 3. The third-order valence-corrected chi connectivity index (χ3v) is 2.03. The molecule has 0 amide bonds. The lowest BCUT2D eigenvalue weighted by molar-refractivity contribution is -0.387. The molecule has 8 heteroatoms. The first-order chi connectivity index (χ1) is 7.64. The zero-order valence-corrected chi connectivity index (χ0v) is 8.54. The lowest BCUT2D eigenvalue weighted by Gasteiger charge is -2.10. The Balaban J connectivity index is 3.62. The molecule has 0 radical (unpaired) electrons. The fourth-order valence-electron chi connectivity index (χ4n) is 1.28. The number of nitro benzene ring substituents is 1. The van der Waals surface area contributed by atoms with Crippen LogP contribution >= 0.6 is 0 Å². The molecule has 1 aromatic carbocycles. The Morgan fingerprint density at radius 1 is 1.41 bits per heavy atom. The first kappa shape index (κ1) is 12.9. The Morgan fingerprint density at radius 2 is 1.94 bits per heavy atom. The number of rotatable bonds is 2. The highest BCUT2D eigenvalue weighted by Gasteiger charge is 2.40. The maximum absolute atomic E-state index is 12.6. The minimum absolute atomic E-state index is 0.319. The monoisotopic (exact) mass is 248 g/mol. The summed E-state index contributed by atoms with van der Waals surface area (Å²) in [5.74, 6) is -0.655. The van der Waals surface area contributed by atoms with E-state index in [4.69, 9.17) is 5.73 Å². The smallest absolute Gasteiger partial charge is 0.393 e. The zero-order valence-electron chi connectivity index (χ0n) is 8.54. The summed E-state index contributed by atoms with van der Waals surface area (Å²) in [4.78, 5) is 20.3. The van der Waals surface area contributed by atoms with Crippen LogP contribution < -0.4 is 5.73 Å². The van der Waals surface area contributed by atoms with Crippen molar-refractivity contribution in [1.29, 1.82) is 0 Å². The lowest BCUT2D eigenvalue weighted by Crippen LogP contribution is -2.12. The van der Waals surface area contributed by atoms with Gasteiger partial charge in [0, 0.05) is 5.56 Å². The quantitative estimate of drug-likeness (QED) is 0.377. The van der Waals surface area contributed by atoms with E-state index in [1.165, 1.54) is 0 Å². The number of ketones is 1. The van der Waals surface area contributed by atoms with Crippen molar-refractivity contribution >= 4 is 17.2 Å². The van der Waals surface area contributed by atoms with E-state index < -0.39 is 33.8 Å². The van der Waals surface area contributed by atoms with Crippen LogP contribution in [-0.4, -0.2) is 10.7 Å². The molecule has 0 saturated carbocycles. The average Bonchev–Trinajstić information content (AvgIpc) is 2.14. The summed E-state index contributed by atoms with van der Waals surface area (Å²) < 4.78 is 37.7. The zero-order chi connectivity index (χ0) is 13.4. The van der Waals surface area contributed by atoms with Crippen LogP contribution in [0.5, 0.6) is 0 Å². The van der Waals surface area contributed by atoms with Gasteiger partial charge in [-0.15, -0.1) is 0 Å². The van der Waals surface area contributed by atoms with Crippen molar-refractivity contribution in [2.45, 2.75) is 13.1 Å². The van der Waals surface area contributed by atoms with E-state index in [1.54, 1.807) is 0 Å². The van der Waals surface area contributed by atoms with Crippen molar-refractivity contribution in [3.8, 4) is 0 Å². The molecule has 0 aliphatic rings. The number of nitrogen functional groups attached to an aromatic ring is 1. The number of nitro groups is 1. The fourth-order valence-corrected chi connectivity index (χ4v) is 1.28. The van der Waals surface area contributed by atoms with Crippen molar-refractivity contribution in [1.82, 2.24) is 0 Å². The molecule has 0 aliphatic heterocycles. The molecule has 5 nitrogen and oxygen atoms in total. The molecule has 0 aromatic heterocycles. The third-order valence-electron chi connectivity index (χ3n) is 2.03. The maximum Gasteiger partial charge on any atom is 0.423 e. The molecule has 1 rings (SSSR count). The number of hydrogen-bond acceptors (Lipinski definition) is 4. The van der Waals surface area contributed by atoms with Crippen molar-refractivity contribution in [3.05, 3.63) is 33.4 Å². The summed E-state index contributed by atoms with van der Waals surface area (Å²) >= 11 is 0. The number of nitrogens with two attached hydrogens (primary N) is 1. The number of carbonyl (C=O) groups is 1. The van der Waals surface area contributed by atoms with Gasteiger partial charge in [-0.2, -0.15) is 13.2 Å². The van der Waals surface area contributed by atoms with Gasteiger partial charge >= 0.3 is 11.9 Å². The molecule has 0 saturated heterocycles. The molecule has 92 valence electrons. The van der Waals surface area contributed by atoms with E-state index in [-0.39, 0.29) is 5.56 Å². The van der Waals surface area contributed by atoms with Crippen LogP contribution in [0, 0.1) is 10.1 Å². The summed E-state index contributed by atoms with van der Waals surface area (Å²) in [6, 6.07) is 1.28. The van der Waals surface area contributed by atoms with Crippen LogP contribution in [-0.2, 0) is 6.18 Å². The van der Waals surface area contributed by atoms with E-state index in [1.807, 2.05) is 0 Å². The first-order valence-electron chi connectivity index (χ1n) is 4.30. The predicted octanol–water partition coefficient (Wildman–Crippen LogP) is 2.40.